The summed E-state index contributed by atoms with van der Waals surface area (Å²) in [6.45, 7) is 5.84. The first-order valence-electron chi connectivity index (χ1n) is 10.1. The summed E-state index contributed by atoms with van der Waals surface area (Å²) in [7, 11) is -3.95. The van der Waals surface area contributed by atoms with Crippen LogP contribution in [-0.4, -0.2) is 32.8 Å². The molecule has 7 nitrogen and oxygen atoms in total. The molecule has 166 valence electrons. The molecule has 0 saturated heterocycles. The highest BCUT2D eigenvalue weighted by Crippen LogP contribution is 2.30. The van der Waals surface area contributed by atoms with Crippen molar-refractivity contribution in [2.24, 2.45) is 5.92 Å². The van der Waals surface area contributed by atoms with E-state index >= 15 is 0 Å². The van der Waals surface area contributed by atoms with Gasteiger partial charge >= 0.3 is 0 Å². The lowest BCUT2D eigenvalue weighted by atomic mass is 10.0. The third-order valence-electron chi connectivity index (χ3n) is 5.05. The van der Waals surface area contributed by atoms with Gasteiger partial charge in [0.05, 0.1) is 4.90 Å². The van der Waals surface area contributed by atoms with Crippen LogP contribution in [0.3, 0.4) is 0 Å². The molecule has 9 heteroatoms. The summed E-state index contributed by atoms with van der Waals surface area (Å²) in [5.41, 5.74) is 2.01. The molecule has 31 heavy (non-hydrogen) atoms. The standard InChI is InChI=1S/C22H26ClN3O4S/c1-14(2)11-20(22(28)24-18-6-4-5-17(23)13-18)25-31(29,30)19-7-8-21-16(12-19)9-10-26(21)15(3)27/h4-8,12-14,20,25H,9-11H2,1-3H3,(H,24,28). The number of halogens is 1. The fourth-order valence-electron chi connectivity index (χ4n) is 3.60. The van der Waals surface area contributed by atoms with Crippen LogP contribution in [0.25, 0.3) is 0 Å². The maximum absolute atomic E-state index is 13.1. The first kappa shape index (κ1) is 23.2. The average molecular weight is 464 g/mol. The van der Waals surface area contributed by atoms with Crippen molar-refractivity contribution in [3.8, 4) is 0 Å². The van der Waals surface area contributed by atoms with Crippen LogP contribution in [0.4, 0.5) is 11.4 Å². The minimum atomic E-state index is -3.95. The van der Waals surface area contributed by atoms with Gasteiger partial charge in [-0.2, -0.15) is 4.72 Å². The Morgan fingerprint density at radius 2 is 1.90 bits per heavy atom. The minimum absolute atomic E-state index is 0.0703. The van der Waals surface area contributed by atoms with Crippen molar-refractivity contribution in [1.29, 1.82) is 0 Å². The molecule has 0 spiro atoms. The zero-order valence-electron chi connectivity index (χ0n) is 17.7. The fraction of sp³-hybridized carbons (Fsp3) is 0.364. The monoisotopic (exact) mass is 463 g/mol. The van der Waals surface area contributed by atoms with E-state index in [4.69, 9.17) is 11.6 Å². The van der Waals surface area contributed by atoms with E-state index in [0.717, 1.165) is 11.3 Å². The van der Waals surface area contributed by atoms with Gasteiger partial charge < -0.3 is 10.2 Å². The van der Waals surface area contributed by atoms with Gasteiger partial charge in [-0.05, 0) is 60.7 Å². The summed E-state index contributed by atoms with van der Waals surface area (Å²) in [6.07, 6.45) is 0.914. The number of amides is 2. The summed E-state index contributed by atoms with van der Waals surface area (Å²) in [5.74, 6) is -0.451. The zero-order valence-corrected chi connectivity index (χ0v) is 19.3. The van der Waals surface area contributed by atoms with E-state index in [9.17, 15) is 18.0 Å². The van der Waals surface area contributed by atoms with Gasteiger partial charge in [-0.1, -0.05) is 31.5 Å². The molecule has 0 bridgehead atoms. The molecular weight excluding hydrogens is 438 g/mol. The molecule has 0 aromatic heterocycles. The van der Waals surface area contributed by atoms with Crippen molar-refractivity contribution in [2.75, 3.05) is 16.8 Å². The summed E-state index contributed by atoms with van der Waals surface area (Å²) >= 11 is 5.97. The average Bonchev–Trinajstić information content (AvgIpc) is 3.10. The molecule has 0 radical (unpaired) electrons. The molecule has 1 aliphatic rings. The molecule has 2 amide bonds. The lowest BCUT2D eigenvalue weighted by Gasteiger charge is -2.21. The number of hydrogen-bond donors (Lipinski definition) is 2. The zero-order chi connectivity index (χ0) is 22.8. The molecule has 1 aliphatic heterocycles. The molecule has 1 unspecified atom stereocenters. The number of sulfonamides is 1. The number of nitrogens with one attached hydrogen (secondary N) is 2. The molecule has 2 aromatic rings. The van der Waals surface area contributed by atoms with Crippen molar-refractivity contribution in [3.05, 3.63) is 53.1 Å². The topological polar surface area (TPSA) is 95.6 Å². The molecule has 3 rings (SSSR count). The SMILES string of the molecule is CC(=O)N1CCc2cc(S(=O)(=O)NC(CC(C)C)C(=O)Nc3cccc(Cl)c3)ccc21. The third kappa shape index (κ3) is 5.64. The largest absolute Gasteiger partial charge is 0.325 e. The first-order chi connectivity index (χ1) is 14.6. The predicted octanol–water partition coefficient (Wildman–Crippen LogP) is 3.58. The smallest absolute Gasteiger partial charge is 0.242 e. The summed E-state index contributed by atoms with van der Waals surface area (Å²) in [6, 6.07) is 10.4. The van der Waals surface area contributed by atoms with Gasteiger partial charge in [0.25, 0.3) is 0 Å². The second-order valence-corrected chi connectivity index (χ2v) is 10.2. The Labute approximate surface area is 187 Å². The Bertz CT molecular complexity index is 1100. The van der Waals surface area contributed by atoms with Crippen molar-refractivity contribution in [2.45, 2.75) is 44.6 Å². The highest BCUT2D eigenvalue weighted by Gasteiger charge is 2.29. The number of rotatable bonds is 7. The molecule has 0 saturated carbocycles. The van der Waals surface area contributed by atoms with Gasteiger partial charge in [-0.25, -0.2) is 8.42 Å². The number of carbonyl (C=O) groups excluding carboxylic acids is 2. The minimum Gasteiger partial charge on any atom is -0.325 e. The maximum atomic E-state index is 13.1. The molecule has 2 N–H and O–H groups in total. The summed E-state index contributed by atoms with van der Waals surface area (Å²) in [5, 5.41) is 3.20. The van der Waals surface area contributed by atoms with Crippen LogP contribution in [0.15, 0.2) is 47.4 Å². The van der Waals surface area contributed by atoms with E-state index in [0.29, 0.717) is 30.1 Å². The van der Waals surface area contributed by atoms with Crippen LogP contribution in [0, 0.1) is 5.92 Å². The van der Waals surface area contributed by atoms with Gasteiger partial charge in [0.1, 0.15) is 6.04 Å². The highest BCUT2D eigenvalue weighted by atomic mass is 35.5. The first-order valence-corrected chi connectivity index (χ1v) is 11.9. The van der Waals surface area contributed by atoms with Crippen LogP contribution in [0.5, 0.6) is 0 Å². The normalized spacial score (nSPS) is 14.4. The van der Waals surface area contributed by atoms with Crippen molar-refractivity contribution < 1.29 is 18.0 Å². The lowest BCUT2D eigenvalue weighted by Crippen LogP contribution is -2.44. The van der Waals surface area contributed by atoms with E-state index in [-0.39, 0.29) is 16.7 Å². The number of benzene rings is 2. The fourth-order valence-corrected chi connectivity index (χ4v) is 5.05. The van der Waals surface area contributed by atoms with Gasteiger partial charge in [-0.3, -0.25) is 9.59 Å². The Morgan fingerprint density at radius 3 is 2.55 bits per heavy atom. The molecule has 0 aliphatic carbocycles. The van der Waals surface area contributed by atoms with Gasteiger partial charge in [0.2, 0.25) is 21.8 Å². The van der Waals surface area contributed by atoms with E-state index in [2.05, 4.69) is 10.0 Å². The second kappa shape index (κ2) is 9.38. The lowest BCUT2D eigenvalue weighted by molar-refractivity contribution is -0.118. The summed E-state index contributed by atoms with van der Waals surface area (Å²) < 4.78 is 28.7. The van der Waals surface area contributed by atoms with Crippen molar-refractivity contribution >= 4 is 44.8 Å². The number of nitrogens with zero attached hydrogens (tertiary/aromatic N) is 1. The third-order valence-corrected chi connectivity index (χ3v) is 6.75. The summed E-state index contributed by atoms with van der Waals surface area (Å²) in [4.78, 5) is 26.3. The van der Waals surface area contributed by atoms with Crippen LogP contribution in [0.2, 0.25) is 5.02 Å². The van der Waals surface area contributed by atoms with Crippen LogP contribution in [0.1, 0.15) is 32.8 Å². The maximum Gasteiger partial charge on any atom is 0.242 e. The van der Waals surface area contributed by atoms with E-state index in [1.54, 1.807) is 41.3 Å². The molecule has 1 heterocycles. The number of carbonyl (C=O) groups is 2. The van der Waals surface area contributed by atoms with Crippen LogP contribution in [-0.2, 0) is 26.0 Å². The molecule has 1 atom stereocenters. The van der Waals surface area contributed by atoms with Gasteiger partial charge in [0.15, 0.2) is 0 Å². The highest BCUT2D eigenvalue weighted by molar-refractivity contribution is 7.89. The van der Waals surface area contributed by atoms with E-state index < -0.39 is 22.0 Å². The Balaban J connectivity index is 1.82. The molecule has 0 fully saturated rings. The second-order valence-electron chi connectivity index (χ2n) is 8.01. The Kier molecular flexibility index (Phi) is 7.03. The van der Waals surface area contributed by atoms with Gasteiger partial charge in [-0.15, -0.1) is 0 Å². The number of fused-ring (bicyclic) bond motifs is 1. The number of anilines is 2. The van der Waals surface area contributed by atoms with Crippen LogP contribution < -0.4 is 14.9 Å². The van der Waals surface area contributed by atoms with Crippen molar-refractivity contribution in [3.63, 3.8) is 0 Å². The quantitative estimate of drug-likeness (QED) is 0.656. The van der Waals surface area contributed by atoms with E-state index in [1.165, 1.54) is 13.0 Å². The van der Waals surface area contributed by atoms with Crippen molar-refractivity contribution in [1.82, 2.24) is 4.72 Å². The Hall–Kier alpha value is -2.42. The van der Waals surface area contributed by atoms with Gasteiger partial charge in [0, 0.05) is 29.9 Å². The van der Waals surface area contributed by atoms with E-state index in [1.807, 2.05) is 13.8 Å². The van der Waals surface area contributed by atoms with Crippen LogP contribution >= 0.6 is 11.6 Å². The number of hydrogen-bond acceptors (Lipinski definition) is 4. The molecular formula is C22H26ClN3O4S. The predicted molar refractivity (Wildman–Crippen MR) is 122 cm³/mol. The molecule has 2 aromatic carbocycles. The Morgan fingerprint density at radius 1 is 1.16 bits per heavy atom.